The number of aryl methyl sites for hydroxylation is 1. The number of benzene rings is 1. The Bertz CT molecular complexity index is 575. The maximum atomic E-state index is 4.16. The second kappa shape index (κ2) is 6.02. The predicted octanol–water partition coefficient (Wildman–Crippen LogP) is 3.81. The van der Waals surface area contributed by atoms with Crippen molar-refractivity contribution in [3.05, 3.63) is 46.0 Å². The molecule has 0 amide bonds. The molecule has 1 heterocycles. The number of rotatable bonds is 5. The monoisotopic (exact) mass is 287 g/mol. The summed E-state index contributed by atoms with van der Waals surface area (Å²) in [5.74, 6) is 0.776. The minimum Gasteiger partial charge on any atom is -0.306 e. The van der Waals surface area contributed by atoms with Gasteiger partial charge >= 0.3 is 0 Å². The lowest BCUT2D eigenvalue weighted by Gasteiger charge is -2.27. The van der Waals surface area contributed by atoms with Crippen LogP contribution in [0.25, 0.3) is 0 Å². The van der Waals surface area contributed by atoms with Crippen LogP contribution in [0.4, 0.5) is 0 Å². The SMILES string of the molecule is CCNC(c1cccc(C2CCC2)c1)c1snnc1C. The van der Waals surface area contributed by atoms with Crippen LogP contribution in [0.15, 0.2) is 24.3 Å². The van der Waals surface area contributed by atoms with E-state index in [9.17, 15) is 0 Å². The number of nitrogens with one attached hydrogen (secondary N) is 1. The summed E-state index contributed by atoms with van der Waals surface area (Å²) in [7, 11) is 0. The molecule has 1 unspecified atom stereocenters. The highest BCUT2D eigenvalue weighted by Gasteiger charge is 2.22. The van der Waals surface area contributed by atoms with E-state index in [1.54, 1.807) is 0 Å². The van der Waals surface area contributed by atoms with Gasteiger partial charge in [0.15, 0.2) is 0 Å². The van der Waals surface area contributed by atoms with E-state index in [1.165, 1.54) is 46.8 Å². The van der Waals surface area contributed by atoms with E-state index in [0.29, 0.717) is 0 Å². The van der Waals surface area contributed by atoms with Gasteiger partial charge in [0.2, 0.25) is 0 Å². The molecule has 4 heteroatoms. The van der Waals surface area contributed by atoms with Crippen LogP contribution >= 0.6 is 11.5 Å². The van der Waals surface area contributed by atoms with Crippen molar-refractivity contribution in [2.24, 2.45) is 0 Å². The third-order valence-corrected chi connectivity index (χ3v) is 5.07. The van der Waals surface area contributed by atoms with E-state index in [4.69, 9.17) is 0 Å². The molecule has 3 nitrogen and oxygen atoms in total. The third kappa shape index (κ3) is 2.63. The van der Waals surface area contributed by atoms with Crippen molar-refractivity contribution in [2.45, 2.75) is 45.1 Å². The lowest BCUT2D eigenvalue weighted by molar-refractivity contribution is 0.419. The lowest BCUT2D eigenvalue weighted by Crippen LogP contribution is -2.22. The average Bonchev–Trinajstić information content (AvgIpc) is 2.80. The molecule has 106 valence electrons. The Morgan fingerprint density at radius 3 is 2.85 bits per heavy atom. The standard InChI is InChI=1S/C16H21N3S/c1-3-17-15(16-11(2)18-19-20-16)14-9-5-8-13(10-14)12-6-4-7-12/h5,8-10,12,15,17H,3-4,6-7H2,1-2H3. The molecule has 0 radical (unpaired) electrons. The summed E-state index contributed by atoms with van der Waals surface area (Å²) < 4.78 is 4.09. The summed E-state index contributed by atoms with van der Waals surface area (Å²) in [6, 6.07) is 9.27. The molecule has 0 spiro atoms. The summed E-state index contributed by atoms with van der Waals surface area (Å²) in [5.41, 5.74) is 3.87. The van der Waals surface area contributed by atoms with Crippen LogP contribution in [-0.2, 0) is 0 Å². The molecule has 1 atom stereocenters. The molecule has 0 aliphatic heterocycles. The van der Waals surface area contributed by atoms with Crippen molar-refractivity contribution in [1.29, 1.82) is 0 Å². The summed E-state index contributed by atoms with van der Waals surface area (Å²) >= 11 is 1.50. The van der Waals surface area contributed by atoms with Crippen LogP contribution < -0.4 is 5.32 Å². The maximum Gasteiger partial charge on any atom is 0.0776 e. The first-order chi connectivity index (χ1) is 9.79. The summed E-state index contributed by atoms with van der Waals surface area (Å²) in [4.78, 5) is 1.23. The van der Waals surface area contributed by atoms with Crippen molar-refractivity contribution in [3.8, 4) is 0 Å². The second-order valence-corrected chi connectivity index (χ2v) is 6.30. The minimum absolute atomic E-state index is 0.222. The van der Waals surface area contributed by atoms with E-state index in [-0.39, 0.29) is 6.04 Å². The number of nitrogens with zero attached hydrogens (tertiary/aromatic N) is 2. The molecule has 1 N–H and O–H groups in total. The summed E-state index contributed by atoms with van der Waals surface area (Å²) in [6.07, 6.45) is 4.07. The van der Waals surface area contributed by atoms with Crippen molar-refractivity contribution in [2.75, 3.05) is 6.54 Å². The third-order valence-electron chi connectivity index (χ3n) is 4.18. The first-order valence-electron chi connectivity index (χ1n) is 7.41. The topological polar surface area (TPSA) is 37.8 Å². The maximum absolute atomic E-state index is 4.16. The van der Waals surface area contributed by atoms with E-state index < -0.39 is 0 Å². The van der Waals surface area contributed by atoms with Gasteiger partial charge in [0, 0.05) is 0 Å². The highest BCUT2D eigenvalue weighted by Crippen LogP contribution is 2.37. The van der Waals surface area contributed by atoms with Gasteiger partial charge < -0.3 is 5.32 Å². The molecule has 1 aromatic heterocycles. The molecular formula is C16H21N3S. The molecule has 3 rings (SSSR count). The largest absolute Gasteiger partial charge is 0.306 e. The van der Waals surface area contributed by atoms with Crippen LogP contribution in [0, 0.1) is 6.92 Å². The van der Waals surface area contributed by atoms with E-state index in [0.717, 1.165) is 18.2 Å². The zero-order chi connectivity index (χ0) is 13.9. The van der Waals surface area contributed by atoms with Crippen LogP contribution in [0.5, 0.6) is 0 Å². The molecule has 1 aliphatic rings. The molecule has 0 bridgehead atoms. The average molecular weight is 287 g/mol. The van der Waals surface area contributed by atoms with Crippen molar-refractivity contribution >= 4 is 11.5 Å². The first-order valence-corrected chi connectivity index (χ1v) is 8.19. The summed E-state index contributed by atoms with van der Waals surface area (Å²) in [6.45, 7) is 5.13. The number of aromatic nitrogens is 2. The van der Waals surface area contributed by atoms with Gasteiger partial charge in [-0.1, -0.05) is 42.1 Å². The molecule has 1 aliphatic carbocycles. The molecule has 0 saturated heterocycles. The minimum atomic E-state index is 0.222. The predicted molar refractivity (Wildman–Crippen MR) is 83.2 cm³/mol. The molecule has 1 aromatic carbocycles. The lowest BCUT2D eigenvalue weighted by atomic mass is 9.79. The van der Waals surface area contributed by atoms with Gasteiger partial charge in [0.05, 0.1) is 16.6 Å². The highest BCUT2D eigenvalue weighted by molar-refractivity contribution is 7.05. The van der Waals surface area contributed by atoms with Gasteiger partial charge in [-0.3, -0.25) is 0 Å². The van der Waals surface area contributed by atoms with E-state index >= 15 is 0 Å². The Kier molecular flexibility index (Phi) is 4.13. The Morgan fingerprint density at radius 2 is 2.25 bits per heavy atom. The Hall–Kier alpha value is -1.26. The number of hydrogen-bond acceptors (Lipinski definition) is 4. The van der Waals surface area contributed by atoms with Gasteiger partial charge in [0.25, 0.3) is 0 Å². The van der Waals surface area contributed by atoms with E-state index in [1.807, 2.05) is 6.92 Å². The first kappa shape index (κ1) is 13.7. The van der Waals surface area contributed by atoms with Crippen LogP contribution in [0.3, 0.4) is 0 Å². The highest BCUT2D eigenvalue weighted by atomic mass is 32.1. The van der Waals surface area contributed by atoms with E-state index in [2.05, 4.69) is 46.1 Å². The Morgan fingerprint density at radius 1 is 1.40 bits per heavy atom. The molecule has 1 fully saturated rings. The zero-order valence-electron chi connectivity index (χ0n) is 12.1. The zero-order valence-corrected chi connectivity index (χ0v) is 12.9. The second-order valence-electron chi connectivity index (χ2n) is 5.51. The Balaban J connectivity index is 1.93. The fourth-order valence-corrected chi connectivity index (χ4v) is 3.55. The van der Waals surface area contributed by atoms with Gasteiger partial charge in [-0.2, -0.15) is 0 Å². The number of hydrogen-bond donors (Lipinski definition) is 1. The Labute approximate surface area is 124 Å². The smallest absolute Gasteiger partial charge is 0.0776 e. The van der Waals surface area contributed by atoms with Crippen LogP contribution in [-0.4, -0.2) is 16.1 Å². The van der Waals surface area contributed by atoms with Crippen LogP contribution in [0.1, 0.15) is 59.8 Å². The van der Waals surface area contributed by atoms with Gasteiger partial charge in [-0.15, -0.1) is 5.10 Å². The van der Waals surface area contributed by atoms with Gasteiger partial charge in [-0.05, 0) is 54.9 Å². The van der Waals surface area contributed by atoms with Crippen molar-refractivity contribution in [1.82, 2.24) is 14.9 Å². The summed E-state index contributed by atoms with van der Waals surface area (Å²) in [5, 5.41) is 7.73. The normalized spacial score (nSPS) is 16.9. The van der Waals surface area contributed by atoms with Crippen molar-refractivity contribution < 1.29 is 0 Å². The molecule has 2 aromatic rings. The fraction of sp³-hybridized carbons (Fsp3) is 0.500. The molecular weight excluding hydrogens is 266 g/mol. The quantitative estimate of drug-likeness (QED) is 0.908. The van der Waals surface area contributed by atoms with Gasteiger partial charge in [-0.25, -0.2) is 0 Å². The fourth-order valence-electron chi connectivity index (χ4n) is 2.80. The van der Waals surface area contributed by atoms with Crippen LogP contribution in [0.2, 0.25) is 0 Å². The molecule has 1 saturated carbocycles. The van der Waals surface area contributed by atoms with Crippen molar-refractivity contribution in [3.63, 3.8) is 0 Å². The van der Waals surface area contributed by atoms with Gasteiger partial charge in [0.1, 0.15) is 0 Å². The molecule has 20 heavy (non-hydrogen) atoms.